The summed E-state index contributed by atoms with van der Waals surface area (Å²) in [4.78, 5) is 11.1. The summed E-state index contributed by atoms with van der Waals surface area (Å²) in [7, 11) is 0. The number of carboxylic acids is 1. The number of carbonyl (C=O) groups is 1. The number of ether oxygens (including phenoxy) is 4. The van der Waals surface area contributed by atoms with E-state index in [1.807, 2.05) is 32.0 Å². The lowest BCUT2D eigenvalue weighted by molar-refractivity contribution is -0.137. The molecule has 0 amide bonds. The number of hydrogen-bond donors (Lipinski definition) is 2. The number of aryl methyl sites for hydroxylation is 2. The molecule has 0 radical (unpaired) electrons. The maximum atomic E-state index is 15.0. The highest BCUT2D eigenvalue weighted by atomic mass is 19.1. The van der Waals surface area contributed by atoms with E-state index in [2.05, 4.69) is 0 Å². The molecule has 0 saturated carbocycles. The highest BCUT2D eigenvalue weighted by molar-refractivity contribution is 5.73. The summed E-state index contributed by atoms with van der Waals surface area (Å²) >= 11 is 0. The molecule has 5 rings (SSSR count). The molecule has 7 nitrogen and oxygen atoms in total. The molecule has 206 valence electrons. The van der Waals surface area contributed by atoms with Crippen LogP contribution in [0.5, 0.6) is 17.2 Å². The van der Waals surface area contributed by atoms with Gasteiger partial charge in [-0.2, -0.15) is 0 Å². The van der Waals surface area contributed by atoms with Crippen molar-refractivity contribution in [3.05, 3.63) is 76.6 Å². The second-order valence-corrected chi connectivity index (χ2v) is 10.3. The van der Waals surface area contributed by atoms with E-state index >= 15 is 4.39 Å². The number of carboxylic acid groups (broad SMARTS) is 1. The summed E-state index contributed by atoms with van der Waals surface area (Å²) in [6.45, 7) is 5.19. The average molecular weight is 537 g/mol. The smallest absolute Gasteiger partial charge is 0.304 e. The van der Waals surface area contributed by atoms with Crippen molar-refractivity contribution in [2.45, 2.75) is 57.8 Å². The molecule has 2 aliphatic rings. The Labute approximate surface area is 227 Å². The molecule has 0 aliphatic carbocycles. The zero-order valence-electron chi connectivity index (χ0n) is 22.1. The predicted molar refractivity (Wildman–Crippen MR) is 143 cm³/mol. The third-order valence-electron chi connectivity index (χ3n) is 7.28. The van der Waals surface area contributed by atoms with Gasteiger partial charge in [0.15, 0.2) is 0 Å². The van der Waals surface area contributed by atoms with Crippen molar-refractivity contribution in [3.8, 4) is 28.4 Å². The first-order valence-electron chi connectivity index (χ1n) is 13.2. The molecule has 3 atom stereocenters. The SMILES string of the molecule is Cc1cc(OC[C@@H]2CC[C@@H](O)CO2)cc(C)c1-c1cc(COc2ccc3c(c2)OCC3CC(=O)O)ccc1F. The lowest BCUT2D eigenvalue weighted by Crippen LogP contribution is -2.33. The van der Waals surface area contributed by atoms with Crippen LogP contribution in [0, 0.1) is 19.7 Å². The van der Waals surface area contributed by atoms with Crippen molar-refractivity contribution < 1.29 is 38.3 Å². The zero-order chi connectivity index (χ0) is 27.5. The Balaban J connectivity index is 1.26. The van der Waals surface area contributed by atoms with Crippen LogP contribution in [0.15, 0.2) is 48.5 Å². The number of halogens is 1. The van der Waals surface area contributed by atoms with Crippen molar-refractivity contribution in [2.75, 3.05) is 19.8 Å². The molecule has 2 heterocycles. The Morgan fingerprint density at radius 1 is 1.00 bits per heavy atom. The molecular weight excluding hydrogens is 503 g/mol. The fourth-order valence-corrected chi connectivity index (χ4v) is 5.29. The molecule has 3 aromatic rings. The second kappa shape index (κ2) is 11.6. The summed E-state index contributed by atoms with van der Waals surface area (Å²) in [5.74, 6) is 0.604. The van der Waals surface area contributed by atoms with E-state index in [1.54, 1.807) is 24.3 Å². The van der Waals surface area contributed by atoms with Crippen LogP contribution in [0.2, 0.25) is 0 Å². The highest BCUT2D eigenvalue weighted by Crippen LogP contribution is 2.39. The van der Waals surface area contributed by atoms with Gasteiger partial charge in [0.2, 0.25) is 0 Å². The van der Waals surface area contributed by atoms with Gasteiger partial charge in [-0.25, -0.2) is 4.39 Å². The normalized spacial score (nSPS) is 20.3. The number of aliphatic hydroxyl groups is 1. The molecule has 0 spiro atoms. The Kier molecular flexibility index (Phi) is 8.04. The Morgan fingerprint density at radius 3 is 2.51 bits per heavy atom. The maximum Gasteiger partial charge on any atom is 0.304 e. The van der Waals surface area contributed by atoms with Crippen LogP contribution in [0.1, 0.15) is 47.4 Å². The number of hydrogen-bond acceptors (Lipinski definition) is 6. The summed E-state index contributed by atoms with van der Waals surface area (Å²) in [6, 6.07) is 14.2. The first-order chi connectivity index (χ1) is 18.8. The van der Waals surface area contributed by atoms with Crippen LogP contribution in [0.25, 0.3) is 11.1 Å². The summed E-state index contributed by atoms with van der Waals surface area (Å²) in [6.07, 6.45) is 1.03. The van der Waals surface area contributed by atoms with Gasteiger partial charge in [-0.1, -0.05) is 12.1 Å². The average Bonchev–Trinajstić information content (AvgIpc) is 3.29. The second-order valence-electron chi connectivity index (χ2n) is 10.3. The molecule has 1 saturated heterocycles. The fraction of sp³-hybridized carbons (Fsp3) is 0.387. The third-order valence-corrected chi connectivity index (χ3v) is 7.28. The van der Waals surface area contributed by atoms with Crippen LogP contribution >= 0.6 is 0 Å². The van der Waals surface area contributed by atoms with Crippen LogP contribution in [0.4, 0.5) is 4.39 Å². The largest absolute Gasteiger partial charge is 0.492 e. The van der Waals surface area contributed by atoms with Gasteiger partial charge in [0.1, 0.15) is 36.3 Å². The summed E-state index contributed by atoms with van der Waals surface area (Å²) < 4.78 is 38.3. The Bertz CT molecular complexity index is 1320. The van der Waals surface area contributed by atoms with E-state index in [-0.39, 0.29) is 30.9 Å². The number of aliphatic hydroxyl groups excluding tert-OH is 1. The molecule has 8 heteroatoms. The lowest BCUT2D eigenvalue weighted by atomic mass is 9.94. The van der Waals surface area contributed by atoms with Crippen LogP contribution in [-0.2, 0) is 16.1 Å². The molecule has 39 heavy (non-hydrogen) atoms. The topological polar surface area (TPSA) is 94.5 Å². The number of rotatable bonds is 9. The van der Waals surface area contributed by atoms with E-state index < -0.39 is 12.1 Å². The Hall–Kier alpha value is -3.62. The van der Waals surface area contributed by atoms with Crippen molar-refractivity contribution in [1.29, 1.82) is 0 Å². The quantitative estimate of drug-likeness (QED) is 0.370. The van der Waals surface area contributed by atoms with Gasteiger partial charge in [-0.3, -0.25) is 4.79 Å². The molecule has 2 aliphatic heterocycles. The minimum absolute atomic E-state index is 0.0252. The first kappa shape index (κ1) is 27.0. The van der Waals surface area contributed by atoms with E-state index in [0.717, 1.165) is 34.2 Å². The minimum atomic E-state index is -0.855. The van der Waals surface area contributed by atoms with Gasteiger partial charge in [-0.05, 0) is 79.3 Å². The zero-order valence-corrected chi connectivity index (χ0v) is 22.1. The highest BCUT2D eigenvalue weighted by Gasteiger charge is 2.27. The monoisotopic (exact) mass is 536 g/mol. The van der Waals surface area contributed by atoms with Crippen molar-refractivity contribution in [1.82, 2.24) is 0 Å². The molecule has 0 bridgehead atoms. The molecule has 2 N–H and O–H groups in total. The van der Waals surface area contributed by atoms with Crippen LogP contribution in [-0.4, -0.2) is 48.2 Å². The van der Waals surface area contributed by atoms with E-state index in [1.165, 1.54) is 6.07 Å². The van der Waals surface area contributed by atoms with Gasteiger partial charge in [-0.15, -0.1) is 0 Å². The van der Waals surface area contributed by atoms with Crippen molar-refractivity contribution >= 4 is 5.97 Å². The summed E-state index contributed by atoms with van der Waals surface area (Å²) in [5, 5.41) is 18.7. The molecule has 0 aromatic heterocycles. The molecule has 1 fully saturated rings. The van der Waals surface area contributed by atoms with Gasteiger partial charge < -0.3 is 29.2 Å². The van der Waals surface area contributed by atoms with Gasteiger partial charge in [0.05, 0.1) is 31.8 Å². The number of benzene rings is 3. The molecular formula is C31H33FO7. The lowest BCUT2D eigenvalue weighted by Gasteiger charge is -2.26. The fourth-order valence-electron chi connectivity index (χ4n) is 5.29. The van der Waals surface area contributed by atoms with Crippen LogP contribution < -0.4 is 14.2 Å². The van der Waals surface area contributed by atoms with Gasteiger partial charge in [0.25, 0.3) is 0 Å². The predicted octanol–water partition coefficient (Wildman–Crippen LogP) is 5.56. The summed E-state index contributed by atoms with van der Waals surface area (Å²) in [5.41, 5.74) is 4.79. The van der Waals surface area contributed by atoms with Crippen LogP contribution in [0.3, 0.4) is 0 Å². The molecule has 3 aromatic carbocycles. The van der Waals surface area contributed by atoms with E-state index in [0.29, 0.717) is 49.1 Å². The van der Waals surface area contributed by atoms with Gasteiger partial charge >= 0.3 is 5.97 Å². The van der Waals surface area contributed by atoms with E-state index in [4.69, 9.17) is 24.1 Å². The van der Waals surface area contributed by atoms with Crippen molar-refractivity contribution in [3.63, 3.8) is 0 Å². The first-order valence-corrected chi connectivity index (χ1v) is 13.2. The molecule has 1 unspecified atom stereocenters. The standard InChI is InChI=1S/C31H33FO7/c1-18-9-25(38-17-24-5-4-22(33)16-37-24)10-19(2)31(18)27-11-20(3-8-28(27)32)14-36-23-6-7-26-21(12-30(34)35)15-39-29(26)13-23/h3,6-11,13,21-22,24,33H,4-5,12,14-17H2,1-2H3,(H,34,35)/t21?,22-,24+/m1/s1. The maximum absolute atomic E-state index is 15.0. The number of aliphatic carboxylic acids is 1. The Morgan fingerprint density at radius 2 is 1.79 bits per heavy atom. The minimum Gasteiger partial charge on any atom is -0.492 e. The number of fused-ring (bicyclic) bond motifs is 1. The van der Waals surface area contributed by atoms with E-state index in [9.17, 15) is 9.90 Å². The van der Waals surface area contributed by atoms with Gasteiger partial charge in [0, 0.05) is 23.1 Å². The third kappa shape index (κ3) is 6.34. The van der Waals surface area contributed by atoms with Crippen molar-refractivity contribution in [2.24, 2.45) is 0 Å².